The third-order valence-corrected chi connectivity index (χ3v) is 3.07. The van der Waals surface area contributed by atoms with E-state index in [9.17, 15) is 10.1 Å². The highest BCUT2D eigenvalue weighted by Crippen LogP contribution is 2.22. The molecule has 0 spiro atoms. The largest absolute Gasteiger partial charge is 0.269 e. The smallest absolute Gasteiger partial charge is 0.258 e. The Morgan fingerprint density at radius 1 is 1.17 bits per heavy atom. The lowest BCUT2D eigenvalue weighted by Crippen LogP contribution is -1.89. The molecule has 1 heterocycles. The molecule has 0 saturated heterocycles. The second-order valence-electron chi connectivity index (χ2n) is 3.49. The predicted octanol–water partition coefficient (Wildman–Crippen LogP) is 3.16. The first kappa shape index (κ1) is 12.5. The van der Waals surface area contributed by atoms with Crippen molar-refractivity contribution in [3.8, 4) is 11.1 Å². The number of nitro benzene ring substituents is 1. The lowest BCUT2D eigenvalue weighted by Gasteiger charge is -2.01. The van der Waals surface area contributed by atoms with Crippen molar-refractivity contribution in [2.45, 2.75) is 12.1 Å². The Labute approximate surface area is 108 Å². The molecule has 0 atom stereocenters. The maximum atomic E-state index is 10.5. The van der Waals surface area contributed by atoms with Crippen molar-refractivity contribution in [1.29, 1.82) is 0 Å². The van der Waals surface area contributed by atoms with E-state index in [1.165, 1.54) is 12.1 Å². The minimum atomic E-state index is -0.415. The van der Waals surface area contributed by atoms with Gasteiger partial charge in [0.1, 0.15) is 0 Å². The van der Waals surface area contributed by atoms with Crippen molar-refractivity contribution in [3.05, 3.63) is 46.8 Å². The fraction of sp³-hybridized carbons (Fsp3) is 0.167. The molecule has 2 aromatic rings. The summed E-state index contributed by atoms with van der Waals surface area (Å²) in [5, 5.41) is 11.3. The first-order valence-electron chi connectivity index (χ1n) is 5.40. The van der Waals surface area contributed by atoms with E-state index in [0.29, 0.717) is 0 Å². The summed E-state index contributed by atoms with van der Waals surface area (Å²) >= 11 is 1.57. The number of non-ortho nitro benzene ring substituents is 1. The van der Waals surface area contributed by atoms with Gasteiger partial charge in [0.25, 0.3) is 5.69 Å². The van der Waals surface area contributed by atoms with Crippen molar-refractivity contribution in [2.24, 2.45) is 0 Å². The monoisotopic (exact) mass is 261 g/mol. The normalized spacial score (nSPS) is 10.3. The predicted molar refractivity (Wildman–Crippen MR) is 70.5 cm³/mol. The summed E-state index contributed by atoms with van der Waals surface area (Å²) < 4.78 is 0. The highest BCUT2D eigenvalue weighted by molar-refractivity contribution is 7.99. The maximum absolute atomic E-state index is 10.5. The molecule has 2 rings (SSSR count). The van der Waals surface area contributed by atoms with Gasteiger partial charge in [0.2, 0.25) is 0 Å². The van der Waals surface area contributed by atoms with Crippen molar-refractivity contribution in [3.63, 3.8) is 0 Å². The number of rotatable bonds is 4. The average molecular weight is 261 g/mol. The summed E-state index contributed by atoms with van der Waals surface area (Å²) in [6.45, 7) is 2.04. The maximum Gasteiger partial charge on any atom is 0.269 e. The number of nitro groups is 1. The topological polar surface area (TPSA) is 68.9 Å². The van der Waals surface area contributed by atoms with Gasteiger partial charge in [0, 0.05) is 30.1 Å². The Balaban J connectivity index is 2.23. The van der Waals surface area contributed by atoms with Crippen LogP contribution in [0.2, 0.25) is 0 Å². The van der Waals surface area contributed by atoms with Crippen LogP contribution in [0.15, 0.2) is 41.8 Å². The number of aromatic nitrogens is 2. The van der Waals surface area contributed by atoms with Crippen molar-refractivity contribution in [1.82, 2.24) is 9.97 Å². The van der Waals surface area contributed by atoms with Crippen LogP contribution in [0, 0.1) is 10.1 Å². The van der Waals surface area contributed by atoms with E-state index in [1.54, 1.807) is 36.3 Å². The number of hydrogen-bond donors (Lipinski definition) is 0. The Morgan fingerprint density at radius 2 is 1.78 bits per heavy atom. The average Bonchev–Trinajstić information content (AvgIpc) is 2.40. The summed E-state index contributed by atoms with van der Waals surface area (Å²) in [7, 11) is 0. The quantitative estimate of drug-likeness (QED) is 0.366. The van der Waals surface area contributed by atoms with E-state index < -0.39 is 4.92 Å². The Morgan fingerprint density at radius 3 is 2.28 bits per heavy atom. The van der Waals surface area contributed by atoms with Gasteiger partial charge < -0.3 is 0 Å². The molecule has 18 heavy (non-hydrogen) atoms. The van der Waals surface area contributed by atoms with Gasteiger partial charge in [-0.1, -0.05) is 18.7 Å². The van der Waals surface area contributed by atoms with E-state index >= 15 is 0 Å². The molecule has 0 saturated carbocycles. The van der Waals surface area contributed by atoms with Gasteiger partial charge in [-0.3, -0.25) is 10.1 Å². The van der Waals surface area contributed by atoms with Crippen LogP contribution in [0.4, 0.5) is 5.69 Å². The van der Waals surface area contributed by atoms with Crippen LogP contribution in [-0.2, 0) is 0 Å². The van der Waals surface area contributed by atoms with Crippen molar-refractivity contribution < 1.29 is 4.92 Å². The SMILES string of the molecule is CCSc1ncc(-c2ccc([N+](=O)[O-])cc2)cn1. The van der Waals surface area contributed by atoms with E-state index in [-0.39, 0.29) is 5.69 Å². The van der Waals surface area contributed by atoms with E-state index in [0.717, 1.165) is 22.0 Å². The van der Waals surface area contributed by atoms with Crippen LogP contribution in [0.1, 0.15) is 6.92 Å². The van der Waals surface area contributed by atoms with Crippen molar-refractivity contribution >= 4 is 17.4 Å². The van der Waals surface area contributed by atoms with Gasteiger partial charge in [0.15, 0.2) is 5.16 Å². The van der Waals surface area contributed by atoms with E-state index in [4.69, 9.17) is 0 Å². The summed E-state index contributed by atoms with van der Waals surface area (Å²) in [6.07, 6.45) is 3.46. The zero-order valence-corrected chi connectivity index (χ0v) is 10.6. The number of nitrogens with zero attached hydrogens (tertiary/aromatic N) is 3. The highest BCUT2D eigenvalue weighted by atomic mass is 32.2. The molecule has 1 aromatic carbocycles. The number of thioether (sulfide) groups is 1. The molecule has 0 fully saturated rings. The van der Waals surface area contributed by atoms with Crippen LogP contribution in [0.5, 0.6) is 0 Å². The van der Waals surface area contributed by atoms with Crippen LogP contribution < -0.4 is 0 Å². The zero-order chi connectivity index (χ0) is 13.0. The first-order valence-corrected chi connectivity index (χ1v) is 6.39. The summed E-state index contributed by atoms with van der Waals surface area (Å²) in [4.78, 5) is 18.6. The molecule has 0 aliphatic heterocycles. The molecule has 0 amide bonds. The molecule has 0 unspecified atom stereocenters. The fourth-order valence-corrected chi connectivity index (χ4v) is 1.96. The molecule has 0 aliphatic rings. The van der Waals surface area contributed by atoms with Gasteiger partial charge in [-0.2, -0.15) is 0 Å². The molecule has 0 bridgehead atoms. The Bertz CT molecular complexity index is 540. The highest BCUT2D eigenvalue weighted by Gasteiger charge is 2.05. The first-order chi connectivity index (χ1) is 8.70. The standard InChI is InChI=1S/C12H11N3O2S/c1-2-18-12-13-7-10(8-14-12)9-3-5-11(6-4-9)15(16)17/h3-8H,2H2,1H3. The summed E-state index contributed by atoms with van der Waals surface area (Å²) in [6, 6.07) is 6.35. The van der Waals surface area contributed by atoms with Crippen LogP contribution in [0.25, 0.3) is 11.1 Å². The minimum absolute atomic E-state index is 0.0813. The van der Waals surface area contributed by atoms with Crippen LogP contribution >= 0.6 is 11.8 Å². The van der Waals surface area contributed by atoms with Gasteiger partial charge in [-0.15, -0.1) is 0 Å². The molecule has 6 heteroatoms. The Hall–Kier alpha value is -1.95. The molecule has 92 valence electrons. The van der Waals surface area contributed by atoms with Crippen LogP contribution in [-0.4, -0.2) is 20.6 Å². The molecule has 0 aliphatic carbocycles. The Kier molecular flexibility index (Phi) is 3.88. The number of hydrogen-bond acceptors (Lipinski definition) is 5. The molecule has 1 aromatic heterocycles. The molecule has 0 N–H and O–H groups in total. The van der Waals surface area contributed by atoms with E-state index in [2.05, 4.69) is 9.97 Å². The molecular weight excluding hydrogens is 250 g/mol. The number of benzene rings is 1. The van der Waals surface area contributed by atoms with Crippen LogP contribution in [0.3, 0.4) is 0 Å². The summed E-state index contributed by atoms with van der Waals surface area (Å²) in [5.41, 5.74) is 1.80. The molecule has 0 radical (unpaired) electrons. The third-order valence-electron chi connectivity index (χ3n) is 2.31. The van der Waals surface area contributed by atoms with Gasteiger partial charge in [0.05, 0.1) is 4.92 Å². The lowest BCUT2D eigenvalue weighted by atomic mass is 10.1. The second-order valence-corrected chi connectivity index (χ2v) is 4.72. The zero-order valence-electron chi connectivity index (χ0n) is 9.74. The fourth-order valence-electron chi connectivity index (χ4n) is 1.44. The summed E-state index contributed by atoms with van der Waals surface area (Å²) in [5.74, 6) is 0.927. The van der Waals surface area contributed by atoms with Crippen molar-refractivity contribution in [2.75, 3.05) is 5.75 Å². The van der Waals surface area contributed by atoms with E-state index in [1.807, 2.05) is 6.92 Å². The van der Waals surface area contributed by atoms with Gasteiger partial charge in [-0.05, 0) is 23.4 Å². The minimum Gasteiger partial charge on any atom is -0.258 e. The third kappa shape index (κ3) is 2.84. The lowest BCUT2D eigenvalue weighted by molar-refractivity contribution is -0.384. The second kappa shape index (κ2) is 5.59. The molecular formula is C12H11N3O2S. The van der Waals surface area contributed by atoms with Gasteiger partial charge >= 0.3 is 0 Å². The van der Waals surface area contributed by atoms with Gasteiger partial charge in [-0.25, -0.2) is 9.97 Å². The molecule has 5 nitrogen and oxygen atoms in total.